The summed E-state index contributed by atoms with van der Waals surface area (Å²) in [7, 11) is 0. The first-order valence-corrected chi connectivity index (χ1v) is 6.87. The van der Waals surface area contributed by atoms with Gasteiger partial charge >= 0.3 is 0 Å². The summed E-state index contributed by atoms with van der Waals surface area (Å²) < 4.78 is 0. The number of phenolic OH excluding ortho intramolecular Hbond substituents is 2. The summed E-state index contributed by atoms with van der Waals surface area (Å²) in [5.41, 5.74) is 2.41. The van der Waals surface area contributed by atoms with Gasteiger partial charge in [0.15, 0.2) is 5.78 Å². The molecule has 0 atom stereocenters. The zero-order valence-corrected chi connectivity index (χ0v) is 11.7. The molecule has 0 unspecified atom stereocenters. The molecule has 0 radical (unpaired) electrons. The highest BCUT2D eigenvalue weighted by Crippen LogP contribution is 2.29. The molecular formula is C19H14O3. The van der Waals surface area contributed by atoms with E-state index in [1.807, 2.05) is 30.3 Å². The molecule has 0 heterocycles. The Morgan fingerprint density at radius 2 is 1.45 bits per heavy atom. The summed E-state index contributed by atoms with van der Waals surface area (Å²) >= 11 is 0. The van der Waals surface area contributed by atoms with E-state index in [-0.39, 0.29) is 17.3 Å². The van der Waals surface area contributed by atoms with Crippen LogP contribution in [0.5, 0.6) is 11.5 Å². The molecule has 0 amide bonds. The number of benzene rings is 3. The van der Waals surface area contributed by atoms with Gasteiger partial charge in [-0.15, -0.1) is 0 Å². The monoisotopic (exact) mass is 290 g/mol. The lowest BCUT2D eigenvalue weighted by Crippen LogP contribution is -2.03. The van der Waals surface area contributed by atoms with Crippen LogP contribution in [0.25, 0.3) is 11.1 Å². The van der Waals surface area contributed by atoms with Gasteiger partial charge in [-0.3, -0.25) is 4.79 Å². The maximum Gasteiger partial charge on any atom is 0.193 e. The Hall–Kier alpha value is -3.07. The molecule has 0 fully saturated rings. The van der Waals surface area contributed by atoms with Crippen molar-refractivity contribution < 1.29 is 15.0 Å². The third kappa shape index (κ3) is 2.69. The average molecular weight is 290 g/mol. The van der Waals surface area contributed by atoms with Gasteiger partial charge in [-0.05, 0) is 41.5 Å². The molecule has 3 nitrogen and oxygen atoms in total. The molecule has 0 aromatic heterocycles. The van der Waals surface area contributed by atoms with E-state index in [4.69, 9.17) is 0 Å². The van der Waals surface area contributed by atoms with E-state index < -0.39 is 0 Å². The Morgan fingerprint density at radius 3 is 2.18 bits per heavy atom. The van der Waals surface area contributed by atoms with E-state index in [0.29, 0.717) is 11.1 Å². The SMILES string of the molecule is O=C(c1cccc(O)c1)c1cc(O)ccc1-c1ccccc1. The fourth-order valence-corrected chi connectivity index (χ4v) is 2.39. The Labute approximate surface area is 128 Å². The predicted octanol–water partition coefficient (Wildman–Crippen LogP) is 4.00. The molecule has 2 N–H and O–H groups in total. The summed E-state index contributed by atoms with van der Waals surface area (Å²) in [5, 5.41) is 19.3. The van der Waals surface area contributed by atoms with Crippen molar-refractivity contribution in [3.05, 3.63) is 83.9 Å². The standard InChI is InChI=1S/C19H14O3/c20-15-8-4-7-14(11-15)19(22)18-12-16(21)9-10-17(18)13-5-2-1-3-6-13/h1-12,20-21H. The van der Waals surface area contributed by atoms with E-state index >= 15 is 0 Å². The largest absolute Gasteiger partial charge is 0.508 e. The molecule has 0 aliphatic heterocycles. The van der Waals surface area contributed by atoms with Gasteiger partial charge in [0.1, 0.15) is 11.5 Å². The maximum absolute atomic E-state index is 12.7. The molecule has 0 saturated carbocycles. The van der Waals surface area contributed by atoms with Crippen molar-refractivity contribution in [3.63, 3.8) is 0 Å². The van der Waals surface area contributed by atoms with Gasteiger partial charge in [0.2, 0.25) is 0 Å². The van der Waals surface area contributed by atoms with Crippen molar-refractivity contribution in [2.24, 2.45) is 0 Å². The van der Waals surface area contributed by atoms with Gasteiger partial charge in [0.05, 0.1) is 0 Å². The number of ketones is 1. The topological polar surface area (TPSA) is 57.5 Å². The Bertz CT molecular complexity index is 823. The fourth-order valence-electron chi connectivity index (χ4n) is 2.39. The first-order valence-electron chi connectivity index (χ1n) is 6.87. The molecule has 3 aromatic carbocycles. The van der Waals surface area contributed by atoms with Gasteiger partial charge in [-0.1, -0.05) is 42.5 Å². The highest BCUT2D eigenvalue weighted by molar-refractivity contribution is 6.13. The van der Waals surface area contributed by atoms with Crippen LogP contribution in [-0.4, -0.2) is 16.0 Å². The second-order valence-corrected chi connectivity index (χ2v) is 4.98. The molecule has 108 valence electrons. The van der Waals surface area contributed by atoms with Crippen LogP contribution < -0.4 is 0 Å². The fraction of sp³-hybridized carbons (Fsp3) is 0. The minimum absolute atomic E-state index is 0.0307. The lowest BCUT2D eigenvalue weighted by atomic mass is 9.93. The summed E-state index contributed by atoms with van der Waals surface area (Å²) in [5.74, 6) is -0.180. The molecule has 0 spiro atoms. The third-order valence-corrected chi connectivity index (χ3v) is 3.44. The van der Waals surface area contributed by atoms with E-state index in [9.17, 15) is 15.0 Å². The molecule has 0 bridgehead atoms. The molecule has 3 heteroatoms. The Balaban J connectivity index is 2.14. The van der Waals surface area contributed by atoms with Crippen molar-refractivity contribution in [2.45, 2.75) is 0 Å². The predicted molar refractivity (Wildman–Crippen MR) is 85.1 cm³/mol. The smallest absolute Gasteiger partial charge is 0.193 e. The number of carbonyl (C=O) groups excluding carboxylic acids is 1. The van der Waals surface area contributed by atoms with E-state index in [1.165, 1.54) is 18.2 Å². The van der Waals surface area contributed by atoms with Gasteiger partial charge in [0.25, 0.3) is 0 Å². The second-order valence-electron chi connectivity index (χ2n) is 4.98. The zero-order valence-electron chi connectivity index (χ0n) is 11.7. The van der Waals surface area contributed by atoms with Crippen LogP contribution in [0.3, 0.4) is 0 Å². The highest BCUT2D eigenvalue weighted by atomic mass is 16.3. The molecule has 0 aliphatic rings. The quantitative estimate of drug-likeness (QED) is 0.717. The summed E-state index contributed by atoms with van der Waals surface area (Å²) in [6, 6.07) is 20.4. The van der Waals surface area contributed by atoms with Gasteiger partial charge in [-0.2, -0.15) is 0 Å². The zero-order chi connectivity index (χ0) is 15.5. The van der Waals surface area contributed by atoms with E-state index in [1.54, 1.807) is 24.3 Å². The van der Waals surface area contributed by atoms with Crippen molar-refractivity contribution in [2.75, 3.05) is 0 Å². The first-order chi connectivity index (χ1) is 10.6. The number of hydrogen-bond donors (Lipinski definition) is 2. The average Bonchev–Trinajstić information content (AvgIpc) is 2.55. The molecule has 0 aliphatic carbocycles. The molecule has 3 rings (SSSR count). The number of hydrogen-bond acceptors (Lipinski definition) is 3. The van der Waals surface area contributed by atoms with E-state index in [2.05, 4.69) is 0 Å². The van der Waals surface area contributed by atoms with Crippen LogP contribution >= 0.6 is 0 Å². The second kappa shape index (κ2) is 5.74. The number of carbonyl (C=O) groups is 1. The lowest BCUT2D eigenvalue weighted by Gasteiger charge is -2.10. The van der Waals surface area contributed by atoms with Crippen molar-refractivity contribution in [3.8, 4) is 22.6 Å². The summed E-state index contributed by atoms with van der Waals surface area (Å²) in [6.07, 6.45) is 0. The normalized spacial score (nSPS) is 10.4. The highest BCUT2D eigenvalue weighted by Gasteiger charge is 2.16. The van der Waals surface area contributed by atoms with Crippen LogP contribution in [0.2, 0.25) is 0 Å². The van der Waals surface area contributed by atoms with Crippen molar-refractivity contribution in [1.29, 1.82) is 0 Å². The lowest BCUT2D eigenvalue weighted by molar-refractivity contribution is 0.103. The maximum atomic E-state index is 12.7. The number of phenols is 2. The molecular weight excluding hydrogens is 276 g/mol. The Morgan fingerprint density at radius 1 is 0.727 bits per heavy atom. The Kier molecular flexibility index (Phi) is 3.62. The van der Waals surface area contributed by atoms with Crippen LogP contribution in [0.1, 0.15) is 15.9 Å². The van der Waals surface area contributed by atoms with Crippen LogP contribution in [0, 0.1) is 0 Å². The summed E-state index contributed by atoms with van der Waals surface area (Å²) in [6.45, 7) is 0. The first kappa shape index (κ1) is 13.9. The van der Waals surface area contributed by atoms with Gasteiger partial charge < -0.3 is 10.2 Å². The van der Waals surface area contributed by atoms with Crippen molar-refractivity contribution >= 4 is 5.78 Å². The summed E-state index contributed by atoms with van der Waals surface area (Å²) in [4.78, 5) is 12.7. The minimum Gasteiger partial charge on any atom is -0.508 e. The van der Waals surface area contributed by atoms with Crippen LogP contribution in [0.4, 0.5) is 0 Å². The molecule has 0 saturated heterocycles. The van der Waals surface area contributed by atoms with Gasteiger partial charge in [-0.25, -0.2) is 0 Å². The van der Waals surface area contributed by atoms with E-state index in [0.717, 1.165) is 11.1 Å². The third-order valence-electron chi connectivity index (χ3n) is 3.44. The molecule has 3 aromatic rings. The van der Waals surface area contributed by atoms with Crippen LogP contribution in [0.15, 0.2) is 72.8 Å². The number of rotatable bonds is 3. The van der Waals surface area contributed by atoms with Crippen LogP contribution in [-0.2, 0) is 0 Å². The minimum atomic E-state index is -0.245. The number of aromatic hydroxyl groups is 2. The van der Waals surface area contributed by atoms with Crippen molar-refractivity contribution in [1.82, 2.24) is 0 Å². The van der Waals surface area contributed by atoms with Gasteiger partial charge in [0, 0.05) is 11.1 Å². The molecule has 22 heavy (non-hydrogen) atoms.